The van der Waals surface area contributed by atoms with E-state index in [0.717, 1.165) is 45.0 Å². The molecular weight excluding hydrogens is 517 g/mol. The second-order valence-corrected chi connectivity index (χ2v) is 12.1. The average Bonchev–Trinajstić information content (AvgIpc) is 3.66. The highest BCUT2D eigenvalue weighted by atomic mass is 32.1. The van der Waals surface area contributed by atoms with E-state index in [1.165, 1.54) is 20.9 Å². The lowest BCUT2D eigenvalue weighted by atomic mass is 9.74. The summed E-state index contributed by atoms with van der Waals surface area (Å²) >= 11 is 3.61. The van der Waals surface area contributed by atoms with E-state index in [0.29, 0.717) is 0 Å². The number of thiophene rings is 2. The third kappa shape index (κ3) is 2.65. The number of fused-ring (bicyclic) bond motifs is 13. The molecule has 0 bridgehead atoms. The van der Waals surface area contributed by atoms with E-state index in [9.17, 15) is 0 Å². The summed E-state index contributed by atoms with van der Waals surface area (Å²) in [7, 11) is 0. The summed E-state index contributed by atoms with van der Waals surface area (Å²) < 4.78 is 8.08. The number of ether oxygens (including phenoxy) is 1. The predicted octanol–water partition coefficient (Wildman–Crippen LogP) is 9.20. The zero-order valence-corrected chi connectivity index (χ0v) is 22.4. The standard InChI is InChI=1S/C34H22N2OS2/c1-5-13-27-21(9-1)33(22-10-2-6-14-28(22)35-27)25-17-19-38-31(25)32-26(18-20-39-32)34(37-33)23-11-3-7-15-29(23)36-30-16-8-4-12-24(30)34/h1-20,35-36H. The molecule has 5 heterocycles. The van der Waals surface area contributed by atoms with Gasteiger partial charge in [-0.1, -0.05) is 72.8 Å². The Hall–Kier alpha value is -4.16. The van der Waals surface area contributed by atoms with E-state index in [1.54, 1.807) is 0 Å². The fraction of sp³-hybridized carbons (Fsp3) is 0.0588. The zero-order chi connectivity index (χ0) is 25.6. The van der Waals surface area contributed by atoms with Crippen molar-refractivity contribution in [1.82, 2.24) is 0 Å². The first-order valence-corrected chi connectivity index (χ1v) is 14.9. The van der Waals surface area contributed by atoms with E-state index in [4.69, 9.17) is 4.74 Å². The van der Waals surface area contributed by atoms with Crippen LogP contribution in [0.15, 0.2) is 120 Å². The molecule has 0 amide bonds. The SMILES string of the molecule is c1ccc2c(c1)Nc1ccccc1C21OC2(c3ccccc3Nc3ccccc32)c2ccsc2-c2sccc21. The van der Waals surface area contributed by atoms with Gasteiger partial charge in [-0.15, -0.1) is 22.7 Å². The first kappa shape index (κ1) is 21.7. The highest BCUT2D eigenvalue weighted by molar-refractivity contribution is 7.20. The summed E-state index contributed by atoms with van der Waals surface area (Å²) in [6.07, 6.45) is 0. The Morgan fingerprint density at radius 1 is 0.410 bits per heavy atom. The van der Waals surface area contributed by atoms with Gasteiger partial charge in [-0.3, -0.25) is 0 Å². The monoisotopic (exact) mass is 538 g/mol. The van der Waals surface area contributed by atoms with Crippen molar-refractivity contribution in [3.05, 3.63) is 153 Å². The van der Waals surface area contributed by atoms with Gasteiger partial charge in [0.05, 0.1) is 9.75 Å². The molecule has 4 aromatic carbocycles. The van der Waals surface area contributed by atoms with Crippen molar-refractivity contribution in [3.8, 4) is 9.75 Å². The van der Waals surface area contributed by atoms with Crippen molar-refractivity contribution in [2.75, 3.05) is 10.6 Å². The van der Waals surface area contributed by atoms with Crippen LogP contribution in [0.1, 0.15) is 33.4 Å². The first-order chi connectivity index (χ1) is 19.3. The molecule has 2 aromatic heterocycles. The largest absolute Gasteiger partial charge is 0.355 e. The predicted molar refractivity (Wildman–Crippen MR) is 161 cm³/mol. The Bertz CT molecular complexity index is 1700. The quantitative estimate of drug-likeness (QED) is 0.202. The Morgan fingerprint density at radius 2 is 0.744 bits per heavy atom. The second-order valence-electron chi connectivity index (χ2n) is 10.2. The van der Waals surface area contributed by atoms with Gasteiger partial charge >= 0.3 is 0 Å². The lowest BCUT2D eigenvalue weighted by Gasteiger charge is -2.49. The molecule has 0 fully saturated rings. The van der Waals surface area contributed by atoms with Crippen LogP contribution in [0.5, 0.6) is 0 Å². The molecule has 2 spiro atoms. The lowest BCUT2D eigenvalue weighted by Crippen LogP contribution is -2.46. The van der Waals surface area contributed by atoms with Gasteiger partial charge in [0.1, 0.15) is 0 Å². The summed E-state index contributed by atoms with van der Waals surface area (Å²) in [5.74, 6) is 0. The summed E-state index contributed by atoms with van der Waals surface area (Å²) in [6.45, 7) is 0. The van der Waals surface area contributed by atoms with Crippen molar-refractivity contribution in [1.29, 1.82) is 0 Å². The summed E-state index contributed by atoms with van der Waals surface area (Å²) in [5, 5.41) is 11.9. The second kappa shape index (κ2) is 7.70. The topological polar surface area (TPSA) is 33.3 Å². The van der Waals surface area contributed by atoms with Crippen LogP contribution in [0.2, 0.25) is 0 Å². The van der Waals surface area contributed by atoms with Gasteiger partial charge in [-0.2, -0.15) is 0 Å². The molecule has 186 valence electrons. The molecule has 3 aliphatic heterocycles. The molecule has 2 N–H and O–H groups in total. The van der Waals surface area contributed by atoms with Crippen LogP contribution >= 0.6 is 22.7 Å². The van der Waals surface area contributed by atoms with Crippen LogP contribution < -0.4 is 10.6 Å². The van der Waals surface area contributed by atoms with E-state index < -0.39 is 11.2 Å². The van der Waals surface area contributed by atoms with Crippen molar-refractivity contribution < 1.29 is 4.74 Å². The highest BCUT2D eigenvalue weighted by Gasteiger charge is 2.57. The third-order valence-electron chi connectivity index (χ3n) is 8.37. The molecule has 0 saturated carbocycles. The average molecular weight is 539 g/mol. The molecule has 39 heavy (non-hydrogen) atoms. The maximum atomic E-state index is 8.08. The van der Waals surface area contributed by atoms with Crippen molar-refractivity contribution in [3.63, 3.8) is 0 Å². The van der Waals surface area contributed by atoms with Crippen LogP contribution in [-0.2, 0) is 15.9 Å². The maximum Gasteiger partial charge on any atom is 0.151 e. The number of hydrogen-bond acceptors (Lipinski definition) is 5. The number of nitrogens with one attached hydrogen (secondary N) is 2. The minimum atomic E-state index is -0.843. The Kier molecular flexibility index (Phi) is 4.29. The van der Waals surface area contributed by atoms with Gasteiger partial charge < -0.3 is 15.4 Å². The molecular formula is C34H22N2OS2. The van der Waals surface area contributed by atoms with Crippen LogP contribution in [0.25, 0.3) is 9.75 Å². The Labute approximate surface area is 234 Å². The fourth-order valence-electron chi connectivity index (χ4n) is 6.84. The van der Waals surface area contributed by atoms with Crippen molar-refractivity contribution in [2.24, 2.45) is 0 Å². The van der Waals surface area contributed by atoms with Gasteiger partial charge in [0, 0.05) is 56.1 Å². The van der Waals surface area contributed by atoms with Crippen LogP contribution in [0.3, 0.4) is 0 Å². The zero-order valence-electron chi connectivity index (χ0n) is 20.8. The van der Waals surface area contributed by atoms with Gasteiger partial charge in [-0.25, -0.2) is 0 Å². The molecule has 9 rings (SSSR count). The fourth-order valence-corrected chi connectivity index (χ4v) is 8.92. The molecule has 0 aliphatic carbocycles. The van der Waals surface area contributed by atoms with Crippen LogP contribution in [-0.4, -0.2) is 0 Å². The molecule has 5 heteroatoms. The van der Waals surface area contributed by atoms with Crippen LogP contribution in [0.4, 0.5) is 22.7 Å². The lowest BCUT2D eigenvalue weighted by molar-refractivity contribution is -0.0781. The smallest absolute Gasteiger partial charge is 0.151 e. The van der Waals surface area contributed by atoms with Crippen molar-refractivity contribution in [2.45, 2.75) is 11.2 Å². The molecule has 3 nitrogen and oxygen atoms in total. The van der Waals surface area contributed by atoms with E-state index >= 15 is 0 Å². The molecule has 0 saturated heterocycles. The molecule has 0 atom stereocenters. The summed E-state index contributed by atoms with van der Waals surface area (Å²) in [6, 6.07) is 39.0. The molecule has 0 radical (unpaired) electrons. The van der Waals surface area contributed by atoms with E-state index in [2.05, 4.69) is 131 Å². The van der Waals surface area contributed by atoms with E-state index in [1.807, 2.05) is 22.7 Å². The minimum absolute atomic E-state index is 0.843. The molecule has 6 aromatic rings. The summed E-state index contributed by atoms with van der Waals surface area (Å²) in [5.41, 5.74) is 9.53. The highest BCUT2D eigenvalue weighted by Crippen LogP contribution is 2.64. The number of hydrogen-bond donors (Lipinski definition) is 2. The maximum absolute atomic E-state index is 8.08. The minimum Gasteiger partial charge on any atom is -0.355 e. The van der Waals surface area contributed by atoms with Gasteiger partial charge in [0.2, 0.25) is 0 Å². The Balaban J connectivity index is 1.50. The number of para-hydroxylation sites is 4. The number of anilines is 4. The van der Waals surface area contributed by atoms with E-state index in [-0.39, 0.29) is 0 Å². The normalized spacial score (nSPS) is 16.4. The molecule has 0 unspecified atom stereocenters. The van der Waals surface area contributed by atoms with Gasteiger partial charge in [-0.05, 0) is 47.2 Å². The van der Waals surface area contributed by atoms with Crippen LogP contribution in [0, 0.1) is 0 Å². The van der Waals surface area contributed by atoms with Gasteiger partial charge in [0.25, 0.3) is 0 Å². The third-order valence-corrected chi connectivity index (χ3v) is 10.4. The van der Waals surface area contributed by atoms with Gasteiger partial charge in [0.15, 0.2) is 11.2 Å². The summed E-state index contributed by atoms with van der Waals surface area (Å²) in [4.78, 5) is 2.55. The van der Waals surface area contributed by atoms with Crippen molar-refractivity contribution >= 4 is 45.4 Å². The Morgan fingerprint density at radius 3 is 1.10 bits per heavy atom. The number of benzene rings is 4. The number of rotatable bonds is 0. The first-order valence-electron chi connectivity index (χ1n) is 13.1. The molecule has 3 aliphatic rings.